The van der Waals surface area contributed by atoms with E-state index in [4.69, 9.17) is 0 Å². The van der Waals surface area contributed by atoms with Crippen molar-refractivity contribution in [2.24, 2.45) is 0 Å². The molecule has 0 fully saturated rings. The predicted molar refractivity (Wildman–Crippen MR) is 158 cm³/mol. The lowest BCUT2D eigenvalue weighted by Gasteiger charge is -2.32. The second-order valence-corrected chi connectivity index (χ2v) is 10.5. The summed E-state index contributed by atoms with van der Waals surface area (Å²) in [6.07, 6.45) is 0. The summed E-state index contributed by atoms with van der Waals surface area (Å²) in [6, 6.07) is 46.5. The summed E-state index contributed by atoms with van der Waals surface area (Å²) >= 11 is 0. The van der Waals surface area contributed by atoms with Gasteiger partial charge >= 0.3 is 0 Å². The number of fused-ring (bicyclic) bond motifs is 4. The molecule has 0 aliphatic heterocycles. The Bertz CT molecular complexity index is 1800. The Kier molecular flexibility index (Phi) is 5.31. The number of hydrogen-bond donors (Lipinski definition) is 2. The summed E-state index contributed by atoms with van der Waals surface area (Å²) in [5.41, 5.74) is 5.77. The van der Waals surface area contributed by atoms with Gasteiger partial charge in [-0.3, -0.25) is 0 Å². The molecule has 1 aliphatic carbocycles. The minimum absolute atomic E-state index is 0.799. The quantitative estimate of drug-likeness (QED) is 0.255. The van der Waals surface area contributed by atoms with Crippen LogP contribution in [0, 0.1) is 0 Å². The van der Waals surface area contributed by atoms with Gasteiger partial charge in [-0.05, 0) is 51.1 Å². The maximum absolute atomic E-state index is 12.6. The van der Waals surface area contributed by atoms with Gasteiger partial charge in [-0.25, -0.2) is 0 Å². The molecule has 6 aromatic carbocycles. The molecule has 1 aliphatic rings. The molecular weight excluding hydrogens is 476 g/mol. The van der Waals surface area contributed by atoms with Crippen molar-refractivity contribution in [2.45, 2.75) is 18.1 Å². The molecule has 0 saturated heterocycles. The Morgan fingerprint density at radius 1 is 0.462 bits per heavy atom. The Morgan fingerprint density at radius 3 is 1.64 bits per heavy atom. The lowest BCUT2D eigenvalue weighted by atomic mass is 9.77. The maximum Gasteiger partial charge on any atom is 0.142 e. The van der Waals surface area contributed by atoms with Gasteiger partial charge in [0.1, 0.15) is 11.2 Å². The largest absolute Gasteiger partial charge is 0.381 e. The highest BCUT2D eigenvalue weighted by molar-refractivity contribution is 5.94. The first-order valence-corrected chi connectivity index (χ1v) is 13.3. The van der Waals surface area contributed by atoms with Crippen molar-refractivity contribution < 1.29 is 10.2 Å². The van der Waals surface area contributed by atoms with Crippen LogP contribution in [-0.4, -0.2) is 10.2 Å². The second-order valence-electron chi connectivity index (χ2n) is 10.5. The van der Waals surface area contributed by atoms with Crippen molar-refractivity contribution in [2.75, 3.05) is 0 Å². The summed E-state index contributed by atoms with van der Waals surface area (Å²) in [7, 11) is 0. The fourth-order valence-corrected chi connectivity index (χ4v) is 6.46. The molecule has 6 aromatic rings. The van der Waals surface area contributed by atoms with Crippen LogP contribution in [-0.2, 0) is 11.2 Å². The number of rotatable bonds is 4. The van der Waals surface area contributed by atoms with Crippen LogP contribution in [0.3, 0.4) is 0 Å². The van der Waals surface area contributed by atoms with Crippen molar-refractivity contribution in [3.05, 3.63) is 167 Å². The van der Waals surface area contributed by atoms with Gasteiger partial charge in [-0.1, -0.05) is 140 Å². The molecule has 0 saturated carbocycles. The Hall–Kier alpha value is -4.50. The van der Waals surface area contributed by atoms with E-state index in [9.17, 15) is 10.2 Å². The van der Waals surface area contributed by atoms with Gasteiger partial charge in [0.05, 0.1) is 0 Å². The molecule has 2 heteroatoms. The Labute approximate surface area is 228 Å². The van der Waals surface area contributed by atoms with Crippen LogP contribution in [0.4, 0.5) is 0 Å². The monoisotopic (exact) mass is 504 g/mol. The molecule has 2 N–H and O–H groups in total. The van der Waals surface area contributed by atoms with E-state index in [1.807, 2.05) is 110 Å². The second kappa shape index (κ2) is 8.78. The fourth-order valence-electron chi connectivity index (χ4n) is 6.46. The van der Waals surface area contributed by atoms with Crippen LogP contribution in [0.5, 0.6) is 0 Å². The van der Waals surface area contributed by atoms with Crippen LogP contribution in [0.2, 0.25) is 0 Å². The molecule has 0 heterocycles. The van der Waals surface area contributed by atoms with Gasteiger partial charge in [0.15, 0.2) is 0 Å². The van der Waals surface area contributed by atoms with Crippen LogP contribution in [0.1, 0.15) is 34.7 Å². The van der Waals surface area contributed by atoms with E-state index < -0.39 is 11.2 Å². The van der Waals surface area contributed by atoms with Gasteiger partial charge in [-0.2, -0.15) is 0 Å². The third-order valence-corrected chi connectivity index (χ3v) is 8.30. The van der Waals surface area contributed by atoms with E-state index in [0.29, 0.717) is 0 Å². The summed E-state index contributed by atoms with van der Waals surface area (Å²) in [4.78, 5) is 0. The lowest BCUT2D eigenvalue weighted by molar-refractivity contribution is 0.104. The van der Waals surface area contributed by atoms with Crippen molar-refractivity contribution in [1.29, 1.82) is 0 Å². The lowest BCUT2D eigenvalue weighted by Crippen LogP contribution is -2.28. The topological polar surface area (TPSA) is 40.5 Å². The molecule has 0 aromatic heterocycles. The minimum Gasteiger partial charge on any atom is -0.381 e. The number of hydrogen-bond acceptors (Lipinski definition) is 2. The van der Waals surface area contributed by atoms with E-state index >= 15 is 0 Å². The van der Waals surface area contributed by atoms with E-state index in [1.165, 1.54) is 0 Å². The van der Waals surface area contributed by atoms with Gasteiger partial charge in [-0.15, -0.1) is 0 Å². The summed E-state index contributed by atoms with van der Waals surface area (Å²) in [5, 5.41) is 26.7. The van der Waals surface area contributed by atoms with Gasteiger partial charge < -0.3 is 10.2 Å². The first-order chi connectivity index (χ1) is 19.0. The highest BCUT2D eigenvalue weighted by atomic mass is 16.3. The third kappa shape index (κ3) is 3.43. The molecule has 39 heavy (non-hydrogen) atoms. The fraction of sp³-hybridized carbons (Fsp3) is 0.0811. The van der Waals surface area contributed by atoms with Crippen molar-refractivity contribution in [3.63, 3.8) is 0 Å². The molecular formula is C37H28O2. The molecule has 1 unspecified atom stereocenters. The maximum atomic E-state index is 12.6. The van der Waals surface area contributed by atoms with Crippen LogP contribution in [0.25, 0.3) is 33.0 Å². The van der Waals surface area contributed by atoms with Crippen molar-refractivity contribution >= 4 is 10.8 Å². The highest BCUT2D eigenvalue weighted by Crippen LogP contribution is 2.53. The van der Waals surface area contributed by atoms with Gasteiger partial charge in [0, 0.05) is 16.7 Å². The number of benzene rings is 6. The molecule has 0 spiro atoms. The smallest absolute Gasteiger partial charge is 0.142 e. The van der Waals surface area contributed by atoms with E-state index in [1.54, 1.807) is 0 Å². The zero-order valence-corrected chi connectivity index (χ0v) is 21.7. The first-order valence-electron chi connectivity index (χ1n) is 13.3. The minimum atomic E-state index is -1.31. The van der Waals surface area contributed by atoms with Crippen LogP contribution < -0.4 is 0 Å². The van der Waals surface area contributed by atoms with Crippen LogP contribution in [0.15, 0.2) is 140 Å². The van der Waals surface area contributed by atoms with E-state index in [2.05, 4.69) is 36.4 Å². The normalized spacial score (nSPS) is 14.9. The highest BCUT2D eigenvalue weighted by Gasteiger charge is 2.44. The molecule has 0 bridgehead atoms. The van der Waals surface area contributed by atoms with Crippen LogP contribution >= 0.6 is 0 Å². The zero-order valence-electron chi connectivity index (χ0n) is 21.7. The van der Waals surface area contributed by atoms with Crippen molar-refractivity contribution in [3.8, 4) is 22.3 Å². The predicted octanol–water partition coefficient (Wildman–Crippen LogP) is 8.03. The average molecular weight is 505 g/mol. The summed E-state index contributed by atoms with van der Waals surface area (Å²) in [5.74, 6) is 0. The third-order valence-electron chi connectivity index (χ3n) is 8.30. The first kappa shape index (κ1) is 23.6. The molecule has 7 rings (SSSR count). The molecule has 1 atom stereocenters. The standard InChI is InChI=1S/C37H28O2/c1-36(38,31-20-10-7-15-26(31)25-13-3-2-4-14-25)32-23-24-35(28-17-6-5-16-27(28)32)37(39)33-21-11-8-18-29(33)30-19-9-12-22-34(30)37/h2-24,38-39H,1H3. The summed E-state index contributed by atoms with van der Waals surface area (Å²) in [6.45, 7) is 1.87. The Morgan fingerprint density at radius 2 is 0.974 bits per heavy atom. The van der Waals surface area contributed by atoms with E-state index in [-0.39, 0.29) is 0 Å². The molecule has 2 nitrogen and oxygen atoms in total. The SMILES string of the molecule is CC(O)(c1ccccc1-c1ccccc1)c1ccc(C2(O)c3ccccc3-c3ccccc32)c2ccccc12. The molecule has 188 valence electrons. The van der Waals surface area contributed by atoms with Gasteiger partial charge in [0.2, 0.25) is 0 Å². The van der Waals surface area contributed by atoms with Gasteiger partial charge in [0.25, 0.3) is 0 Å². The van der Waals surface area contributed by atoms with Crippen molar-refractivity contribution in [1.82, 2.24) is 0 Å². The average Bonchev–Trinajstić information content (AvgIpc) is 3.26. The molecule has 0 amide bonds. The zero-order chi connectivity index (χ0) is 26.6. The summed E-state index contributed by atoms with van der Waals surface area (Å²) < 4.78 is 0. The van der Waals surface area contributed by atoms with E-state index in [0.717, 1.165) is 60.8 Å². The number of aliphatic hydroxyl groups is 2. The Balaban J connectivity index is 1.47. The molecule has 0 radical (unpaired) electrons.